The van der Waals surface area contributed by atoms with Crippen molar-refractivity contribution in [3.8, 4) is 0 Å². The number of hydrogen-bond acceptors (Lipinski definition) is 2. The third kappa shape index (κ3) is 2.68. The highest BCUT2D eigenvalue weighted by Gasteiger charge is 2.19. The van der Waals surface area contributed by atoms with E-state index in [0.717, 1.165) is 27.8 Å². The highest BCUT2D eigenvalue weighted by Crippen LogP contribution is 2.30. The summed E-state index contributed by atoms with van der Waals surface area (Å²) in [5.41, 5.74) is 4.74. The second-order valence-corrected chi connectivity index (χ2v) is 4.98. The van der Waals surface area contributed by atoms with E-state index in [-0.39, 0.29) is 0 Å². The van der Waals surface area contributed by atoms with Gasteiger partial charge in [0, 0.05) is 5.92 Å². The number of aliphatic carboxylic acids is 1. The summed E-state index contributed by atoms with van der Waals surface area (Å²) >= 11 is 0. The lowest BCUT2D eigenvalue weighted by Crippen LogP contribution is -2.31. The monoisotopic (exact) mass is 253 g/mol. The predicted molar refractivity (Wildman–Crippen MR) is 73.9 cm³/mol. The van der Waals surface area contributed by atoms with Crippen molar-refractivity contribution in [2.45, 2.75) is 26.7 Å². The van der Waals surface area contributed by atoms with Crippen molar-refractivity contribution in [1.82, 2.24) is 0 Å². The van der Waals surface area contributed by atoms with E-state index in [1.165, 1.54) is 0 Å². The standard InChI is InChI=1S/C17H18O2/c1-11-9-12(2)15(13(3)10-11)16(17(18)19)14-7-5-4-6-8-14/h4-10,16H,1-3H3,(H,18,19)/p-1/t16-/m0/s1. The molecular weight excluding hydrogens is 236 g/mol. The molecule has 0 unspecified atom stereocenters. The van der Waals surface area contributed by atoms with E-state index >= 15 is 0 Å². The molecule has 0 aliphatic rings. The maximum Gasteiger partial charge on any atom is 0.0533 e. The van der Waals surface area contributed by atoms with Gasteiger partial charge in [0.1, 0.15) is 0 Å². The molecule has 0 saturated carbocycles. The number of rotatable bonds is 3. The maximum absolute atomic E-state index is 11.6. The SMILES string of the molecule is Cc1cc(C)c([C@@H](C(=O)[O-])c2ccccc2)c(C)c1. The molecule has 2 rings (SSSR count). The van der Waals surface area contributed by atoms with Gasteiger partial charge in [-0.05, 0) is 43.0 Å². The lowest BCUT2D eigenvalue weighted by molar-refractivity contribution is -0.306. The number of hydrogen-bond donors (Lipinski definition) is 0. The van der Waals surface area contributed by atoms with Gasteiger partial charge in [-0.3, -0.25) is 0 Å². The molecule has 2 aromatic carbocycles. The lowest BCUT2D eigenvalue weighted by atomic mass is 9.85. The summed E-state index contributed by atoms with van der Waals surface area (Å²) in [4.78, 5) is 11.6. The molecule has 0 aromatic heterocycles. The highest BCUT2D eigenvalue weighted by molar-refractivity contribution is 5.80. The fourth-order valence-electron chi connectivity index (χ4n) is 2.71. The summed E-state index contributed by atoms with van der Waals surface area (Å²) in [5.74, 6) is -1.76. The first-order valence-corrected chi connectivity index (χ1v) is 6.34. The Morgan fingerprint density at radius 2 is 1.53 bits per heavy atom. The molecule has 1 atom stereocenters. The number of carboxylic acids is 1. The average Bonchev–Trinajstić information content (AvgIpc) is 2.34. The Labute approximate surface area is 113 Å². The summed E-state index contributed by atoms with van der Waals surface area (Å²) in [7, 11) is 0. The van der Waals surface area contributed by atoms with Gasteiger partial charge >= 0.3 is 0 Å². The van der Waals surface area contributed by atoms with Crippen LogP contribution in [0.4, 0.5) is 0 Å². The van der Waals surface area contributed by atoms with Crippen LogP contribution in [0.2, 0.25) is 0 Å². The second kappa shape index (κ2) is 5.27. The van der Waals surface area contributed by atoms with Crippen molar-refractivity contribution >= 4 is 5.97 Å². The van der Waals surface area contributed by atoms with E-state index in [0.29, 0.717) is 0 Å². The van der Waals surface area contributed by atoms with Crippen LogP contribution in [0.25, 0.3) is 0 Å². The van der Waals surface area contributed by atoms with Crippen molar-refractivity contribution in [3.63, 3.8) is 0 Å². The topological polar surface area (TPSA) is 40.1 Å². The molecule has 0 amide bonds. The number of benzene rings is 2. The minimum atomic E-state index is -1.05. The number of carboxylic acid groups (broad SMARTS) is 1. The molecule has 98 valence electrons. The fraction of sp³-hybridized carbons (Fsp3) is 0.235. The Balaban J connectivity index is 2.62. The Morgan fingerprint density at radius 3 is 2.00 bits per heavy atom. The van der Waals surface area contributed by atoms with Crippen molar-refractivity contribution in [1.29, 1.82) is 0 Å². The molecule has 19 heavy (non-hydrogen) atoms. The van der Waals surface area contributed by atoms with Crippen LogP contribution in [-0.4, -0.2) is 5.97 Å². The van der Waals surface area contributed by atoms with Crippen LogP contribution in [-0.2, 0) is 4.79 Å². The summed E-state index contributed by atoms with van der Waals surface area (Å²) < 4.78 is 0. The van der Waals surface area contributed by atoms with Gasteiger partial charge < -0.3 is 9.90 Å². The minimum absolute atomic E-state index is 0.707. The van der Waals surface area contributed by atoms with Crippen molar-refractivity contribution in [2.75, 3.05) is 0 Å². The number of carbonyl (C=O) groups excluding carboxylic acids is 1. The number of aryl methyl sites for hydroxylation is 3. The van der Waals surface area contributed by atoms with Gasteiger partial charge in [-0.1, -0.05) is 48.0 Å². The molecule has 2 heteroatoms. The van der Waals surface area contributed by atoms with E-state index in [9.17, 15) is 9.90 Å². The van der Waals surface area contributed by atoms with Crippen LogP contribution in [0.5, 0.6) is 0 Å². The molecule has 0 aliphatic carbocycles. The van der Waals surface area contributed by atoms with Gasteiger partial charge in [0.15, 0.2) is 0 Å². The van der Waals surface area contributed by atoms with Gasteiger partial charge in [-0.25, -0.2) is 0 Å². The first-order valence-electron chi connectivity index (χ1n) is 6.34. The molecule has 2 aromatic rings. The minimum Gasteiger partial charge on any atom is -0.549 e. The van der Waals surface area contributed by atoms with Crippen LogP contribution in [0.1, 0.15) is 33.7 Å². The molecule has 0 fully saturated rings. The van der Waals surface area contributed by atoms with E-state index in [1.54, 1.807) is 0 Å². The first-order chi connectivity index (χ1) is 9.00. The van der Waals surface area contributed by atoms with Crippen LogP contribution < -0.4 is 5.11 Å². The molecule has 0 saturated heterocycles. The molecule has 0 aliphatic heterocycles. The van der Waals surface area contributed by atoms with E-state index < -0.39 is 11.9 Å². The fourth-order valence-corrected chi connectivity index (χ4v) is 2.71. The lowest BCUT2D eigenvalue weighted by Gasteiger charge is -2.23. The van der Waals surface area contributed by atoms with Gasteiger partial charge in [0.2, 0.25) is 0 Å². The molecular formula is C17H17O2-. The molecule has 0 spiro atoms. The van der Waals surface area contributed by atoms with Gasteiger partial charge in [-0.2, -0.15) is 0 Å². The normalized spacial score (nSPS) is 12.2. The molecule has 0 bridgehead atoms. The zero-order valence-corrected chi connectivity index (χ0v) is 11.4. The zero-order chi connectivity index (χ0) is 14.0. The Bertz CT molecular complexity index is 577. The van der Waals surface area contributed by atoms with E-state index in [2.05, 4.69) is 0 Å². The van der Waals surface area contributed by atoms with Crippen molar-refractivity contribution in [3.05, 3.63) is 70.3 Å². The van der Waals surface area contributed by atoms with Crippen molar-refractivity contribution < 1.29 is 9.90 Å². The Hall–Kier alpha value is -2.09. The Kier molecular flexibility index (Phi) is 3.70. The molecule has 0 heterocycles. The summed E-state index contributed by atoms with van der Waals surface area (Å²) in [6.45, 7) is 5.92. The van der Waals surface area contributed by atoms with Crippen LogP contribution >= 0.6 is 0 Å². The summed E-state index contributed by atoms with van der Waals surface area (Å²) in [6, 6.07) is 13.3. The molecule has 2 nitrogen and oxygen atoms in total. The smallest absolute Gasteiger partial charge is 0.0533 e. The van der Waals surface area contributed by atoms with Crippen molar-refractivity contribution in [2.24, 2.45) is 0 Å². The average molecular weight is 253 g/mol. The van der Waals surface area contributed by atoms with Crippen LogP contribution in [0.15, 0.2) is 42.5 Å². The third-order valence-electron chi connectivity index (χ3n) is 3.40. The highest BCUT2D eigenvalue weighted by atomic mass is 16.4. The summed E-state index contributed by atoms with van der Waals surface area (Å²) in [5, 5.41) is 11.6. The Morgan fingerprint density at radius 1 is 1.00 bits per heavy atom. The van der Waals surface area contributed by atoms with Gasteiger partial charge in [0.25, 0.3) is 0 Å². The molecule has 0 radical (unpaired) electrons. The van der Waals surface area contributed by atoms with Gasteiger partial charge in [0.05, 0.1) is 5.97 Å². The summed E-state index contributed by atoms with van der Waals surface area (Å²) in [6.07, 6.45) is 0. The van der Waals surface area contributed by atoms with E-state index in [4.69, 9.17) is 0 Å². The van der Waals surface area contributed by atoms with Crippen LogP contribution in [0.3, 0.4) is 0 Å². The zero-order valence-electron chi connectivity index (χ0n) is 11.4. The van der Waals surface area contributed by atoms with Gasteiger partial charge in [-0.15, -0.1) is 0 Å². The predicted octanol–water partition coefficient (Wildman–Crippen LogP) is 2.49. The van der Waals surface area contributed by atoms with E-state index in [1.807, 2.05) is 63.2 Å². The molecule has 0 N–H and O–H groups in total. The largest absolute Gasteiger partial charge is 0.549 e. The first kappa shape index (κ1) is 13.3. The second-order valence-electron chi connectivity index (χ2n) is 4.98. The van der Waals surface area contributed by atoms with Crippen LogP contribution in [0, 0.1) is 20.8 Å². The third-order valence-corrected chi connectivity index (χ3v) is 3.40. The maximum atomic E-state index is 11.6. The number of carbonyl (C=O) groups is 1. The quantitative estimate of drug-likeness (QED) is 0.843.